The van der Waals surface area contributed by atoms with Crippen LogP contribution < -0.4 is 4.74 Å². The van der Waals surface area contributed by atoms with Crippen molar-refractivity contribution >= 4 is 18.4 Å². The second-order valence-corrected chi connectivity index (χ2v) is 5.31. The second-order valence-electron chi connectivity index (χ2n) is 4.92. The third kappa shape index (κ3) is 3.57. The third-order valence-corrected chi connectivity index (χ3v) is 3.49. The molecule has 0 aliphatic heterocycles. The summed E-state index contributed by atoms with van der Waals surface area (Å²) >= 11 is 5.22. The molecule has 2 aromatic carbocycles. The van der Waals surface area contributed by atoms with Crippen molar-refractivity contribution in [1.29, 1.82) is 0 Å². The highest BCUT2D eigenvalue weighted by molar-refractivity contribution is 7.71. The smallest absolute Gasteiger partial charge is 0.216 e. The predicted octanol–water partition coefficient (Wildman–Crippen LogP) is 4.03. The Morgan fingerprint density at radius 1 is 1.29 bits per heavy atom. The quantitative estimate of drug-likeness (QED) is 0.563. The number of aromatic nitrogens is 3. The van der Waals surface area contributed by atoms with E-state index in [1.165, 1.54) is 23.0 Å². The summed E-state index contributed by atoms with van der Waals surface area (Å²) in [6.45, 7) is 2.50. The maximum absolute atomic E-state index is 13.3. The van der Waals surface area contributed by atoms with Gasteiger partial charge < -0.3 is 4.74 Å². The molecule has 7 heteroatoms. The summed E-state index contributed by atoms with van der Waals surface area (Å²) in [5, 5.41) is 11.3. The zero-order valence-corrected chi connectivity index (χ0v) is 13.8. The van der Waals surface area contributed by atoms with Crippen LogP contribution in [0.15, 0.2) is 53.6 Å². The molecule has 1 heterocycles. The minimum Gasteiger partial charge on any atom is -0.494 e. The number of benzene rings is 2. The van der Waals surface area contributed by atoms with Crippen molar-refractivity contribution in [3.05, 3.63) is 64.7 Å². The monoisotopic (exact) mass is 342 g/mol. The number of H-pyrrole nitrogens is 1. The van der Waals surface area contributed by atoms with Crippen LogP contribution in [-0.4, -0.2) is 27.7 Å². The highest BCUT2D eigenvalue weighted by atomic mass is 32.1. The Morgan fingerprint density at radius 3 is 2.92 bits per heavy atom. The van der Waals surface area contributed by atoms with Crippen molar-refractivity contribution in [3.63, 3.8) is 0 Å². The maximum atomic E-state index is 13.3. The summed E-state index contributed by atoms with van der Waals surface area (Å²) in [6.07, 6.45) is 1.53. The van der Waals surface area contributed by atoms with E-state index in [-0.39, 0.29) is 5.82 Å². The number of rotatable bonds is 5. The molecule has 0 spiro atoms. The van der Waals surface area contributed by atoms with E-state index in [2.05, 4.69) is 15.3 Å². The van der Waals surface area contributed by atoms with Crippen molar-refractivity contribution < 1.29 is 9.13 Å². The number of aromatic amines is 1. The molecule has 1 N–H and O–H groups in total. The molecule has 0 saturated carbocycles. The maximum Gasteiger partial charge on any atom is 0.216 e. The van der Waals surface area contributed by atoms with Gasteiger partial charge in [-0.2, -0.15) is 14.9 Å². The normalized spacial score (nSPS) is 11.1. The van der Waals surface area contributed by atoms with Crippen molar-refractivity contribution in [2.75, 3.05) is 6.61 Å². The van der Waals surface area contributed by atoms with Gasteiger partial charge in [-0.25, -0.2) is 9.49 Å². The highest BCUT2D eigenvalue weighted by Crippen LogP contribution is 2.22. The number of halogens is 1. The van der Waals surface area contributed by atoms with E-state index >= 15 is 0 Å². The Kier molecular flexibility index (Phi) is 4.81. The fraction of sp³-hybridized carbons (Fsp3) is 0.118. The van der Waals surface area contributed by atoms with Gasteiger partial charge in [-0.05, 0) is 49.0 Å². The van der Waals surface area contributed by atoms with Gasteiger partial charge in [0.2, 0.25) is 4.77 Å². The molecule has 0 amide bonds. The van der Waals surface area contributed by atoms with Gasteiger partial charge in [-0.1, -0.05) is 24.3 Å². The van der Waals surface area contributed by atoms with E-state index in [4.69, 9.17) is 17.0 Å². The first-order valence-electron chi connectivity index (χ1n) is 7.38. The summed E-state index contributed by atoms with van der Waals surface area (Å²) in [4.78, 5) is 0. The van der Waals surface area contributed by atoms with Gasteiger partial charge in [-0.15, -0.1) is 0 Å². The number of ether oxygens (including phenoxy) is 1. The largest absolute Gasteiger partial charge is 0.494 e. The minimum atomic E-state index is -0.320. The zero-order valence-electron chi connectivity index (χ0n) is 12.9. The average molecular weight is 342 g/mol. The van der Waals surface area contributed by atoms with E-state index in [1.807, 2.05) is 31.2 Å². The molecule has 0 aliphatic carbocycles. The van der Waals surface area contributed by atoms with Gasteiger partial charge >= 0.3 is 0 Å². The lowest BCUT2D eigenvalue weighted by Crippen LogP contribution is -1.96. The Hall–Kier alpha value is -2.80. The Bertz CT molecular complexity index is 932. The van der Waals surface area contributed by atoms with Crippen LogP contribution in [0, 0.1) is 10.6 Å². The van der Waals surface area contributed by atoms with Crippen molar-refractivity contribution in [1.82, 2.24) is 14.9 Å². The molecule has 0 saturated heterocycles. The Labute approximate surface area is 143 Å². The lowest BCUT2D eigenvalue weighted by molar-refractivity contribution is 0.340. The van der Waals surface area contributed by atoms with Crippen LogP contribution in [0.5, 0.6) is 5.75 Å². The zero-order chi connectivity index (χ0) is 16.9. The van der Waals surface area contributed by atoms with Crippen LogP contribution in [0.3, 0.4) is 0 Å². The van der Waals surface area contributed by atoms with E-state index in [0.717, 1.165) is 11.3 Å². The highest BCUT2D eigenvalue weighted by Gasteiger charge is 2.09. The van der Waals surface area contributed by atoms with E-state index < -0.39 is 0 Å². The first kappa shape index (κ1) is 16.1. The molecule has 3 aromatic rings. The molecule has 1 aromatic heterocycles. The molecule has 0 fully saturated rings. The van der Waals surface area contributed by atoms with Crippen molar-refractivity contribution in [3.8, 4) is 17.1 Å². The van der Waals surface area contributed by atoms with Gasteiger partial charge in [0, 0.05) is 5.56 Å². The lowest BCUT2D eigenvalue weighted by atomic mass is 10.2. The van der Waals surface area contributed by atoms with Crippen molar-refractivity contribution in [2.45, 2.75) is 6.92 Å². The third-order valence-electron chi connectivity index (χ3n) is 3.22. The molecule has 0 atom stereocenters. The topological polar surface area (TPSA) is 55.2 Å². The molecule has 3 rings (SSSR count). The van der Waals surface area contributed by atoms with Crippen LogP contribution >= 0.6 is 12.2 Å². The standard InChI is InChI=1S/C17H15FN4OS/c1-2-23-15-8-4-6-13(10-15)16-20-21-17(24)22(16)19-11-12-5-3-7-14(18)9-12/h3-11H,2H2,1H3,(H,21,24)/b19-11+. The fourth-order valence-corrected chi connectivity index (χ4v) is 2.37. The molecule has 0 bridgehead atoms. The van der Waals surface area contributed by atoms with Gasteiger partial charge in [0.05, 0.1) is 12.8 Å². The molecular weight excluding hydrogens is 327 g/mol. The average Bonchev–Trinajstić information content (AvgIpc) is 2.94. The van der Waals surface area contributed by atoms with Gasteiger partial charge in [0.15, 0.2) is 5.82 Å². The molecular formula is C17H15FN4OS. The van der Waals surface area contributed by atoms with E-state index in [0.29, 0.717) is 22.8 Å². The van der Waals surface area contributed by atoms with Crippen LogP contribution in [-0.2, 0) is 0 Å². The van der Waals surface area contributed by atoms with Crippen LogP contribution in [0.2, 0.25) is 0 Å². The summed E-state index contributed by atoms with van der Waals surface area (Å²) < 4.78 is 20.6. The molecule has 5 nitrogen and oxygen atoms in total. The first-order chi connectivity index (χ1) is 11.7. The number of nitrogens with one attached hydrogen (secondary N) is 1. The lowest BCUT2D eigenvalue weighted by Gasteiger charge is -2.05. The SMILES string of the molecule is CCOc1cccc(-c2n[nH]c(=S)n2/N=C/c2cccc(F)c2)c1. The number of nitrogens with zero attached hydrogens (tertiary/aromatic N) is 3. The summed E-state index contributed by atoms with van der Waals surface area (Å²) in [6, 6.07) is 13.6. The number of hydrogen-bond donors (Lipinski definition) is 1. The first-order valence-corrected chi connectivity index (χ1v) is 7.79. The Balaban J connectivity index is 1.97. The summed E-state index contributed by atoms with van der Waals surface area (Å²) in [5.41, 5.74) is 1.44. The van der Waals surface area contributed by atoms with Crippen LogP contribution in [0.1, 0.15) is 12.5 Å². The molecule has 122 valence electrons. The van der Waals surface area contributed by atoms with Gasteiger partial charge in [-0.3, -0.25) is 0 Å². The molecule has 0 unspecified atom stereocenters. The van der Waals surface area contributed by atoms with Gasteiger partial charge in [0.1, 0.15) is 11.6 Å². The van der Waals surface area contributed by atoms with Gasteiger partial charge in [0.25, 0.3) is 0 Å². The van der Waals surface area contributed by atoms with E-state index in [9.17, 15) is 4.39 Å². The Morgan fingerprint density at radius 2 is 2.12 bits per heavy atom. The second kappa shape index (κ2) is 7.18. The summed E-state index contributed by atoms with van der Waals surface area (Å²) in [5.74, 6) is 0.971. The van der Waals surface area contributed by atoms with Crippen LogP contribution in [0.25, 0.3) is 11.4 Å². The predicted molar refractivity (Wildman–Crippen MR) is 93.4 cm³/mol. The van der Waals surface area contributed by atoms with E-state index in [1.54, 1.807) is 12.1 Å². The molecule has 24 heavy (non-hydrogen) atoms. The molecule has 0 aliphatic rings. The van der Waals surface area contributed by atoms with Crippen molar-refractivity contribution in [2.24, 2.45) is 5.10 Å². The minimum absolute atomic E-state index is 0.320. The summed E-state index contributed by atoms with van der Waals surface area (Å²) in [7, 11) is 0. The molecule has 0 radical (unpaired) electrons. The van der Waals surface area contributed by atoms with Crippen LogP contribution in [0.4, 0.5) is 4.39 Å². The number of hydrogen-bond acceptors (Lipinski definition) is 4. The fourth-order valence-electron chi connectivity index (χ4n) is 2.19.